The molecule has 1 aliphatic heterocycles. The Morgan fingerprint density at radius 3 is 2.29 bits per heavy atom. The molecule has 1 unspecified atom stereocenters. The topological polar surface area (TPSA) is 110 Å². The van der Waals surface area contributed by atoms with E-state index in [0.717, 1.165) is 0 Å². The molecule has 82 valence electrons. The van der Waals surface area contributed by atoms with Gasteiger partial charge in [-0.1, -0.05) is 0 Å². The van der Waals surface area contributed by atoms with Crippen LogP contribution in [0.2, 0.25) is 0 Å². The number of fused-ring (bicyclic) bond motifs is 1. The second kappa shape index (κ2) is 2.88. The van der Waals surface area contributed by atoms with Crippen LogP contribution in [0, 0.1) is 0 Å². The van der Waals surface area contributed by atoms with Gasteiger partial charge in [0.25, 0.3) is 0 Å². The summed E-state index contributed by atoms with van der Waals surface area (Å²) in [6, 6.07) is 0. The van der Waals surface area contributed by atoms with Crippen molar-refractivity contribution >= 4 is 0 Å². The van der Waals surface area contributed by atoms with Crippen molar-refractivity contribution in [3.8, 4) is 0 Å². The molecule has 0 amide bonds. The molecule has 0 aromatic carbocycles. The molecule has 0 radical (unpaired) electrons. The van der Waals surface area contributed by atoms with Crippen LogP contribution in [-0.2, 0) is 4.74 Å². The highest BCUT2D eigenvalue weighted by Gasteiger charge is 2.69. The molecule has 1 saturated carbocycles. The third-order valence-corrected chi connectivity index (χ3v) is 3.24. The van der Waals surface area contributed by atoms with Crippen LogP contribution in [0.4, 0.5) is 0 Å². The summed E-state index contributed by atoms with van der Waals surface area (Å²) in [5.41, 5.74) is -1.81. The molecule has 14 heavy (non-hydrogen) atoms. The Morgan fingerprint density at radius 2 is 1.86 bits per heavy atom. The first-order valence-electron chi connectivity index (χ1n) is 4.54. The number of rotatable bonds is 1. The van der Waals surface area contributed by atoms with E-state index in [4.69, 9.17) is 9.84 Å². The highest BCUT2D eigenvalue weighted by atomic mass is 16.7. The lowest BCUT2D eigenvalue weighted by atomic mass is 9.66. The Kier molecular flexibility index (Phi) is 2.11. The lowest BCUT2D eigenvalue weighted by molar-refractivity contribution is -0.430. The van der Waals surface area contributed by atoms with Crippen molar-refractivity contribution in [2.75, 3.05) is 6.61 Å². The van der Waals surface area contributed by atoms with Crippen LogP contribution in [0.5, 0.6) is 0 Å². The Bertz CT molecular complexity index is 246. The number of aliphatic hydroxyl groups is 5. The first-order chi connectivity index (χ1) is 6.44. The van der Waals surface area contributed by atoms with Crippen molar-refractivity contribution in [3.05, 3.63) is 0 Å². The molecule has 5 atom stereocenters. The Labute approximate surface area is 80.4 Å². The molecule has 6 nitrogen and oxygen atoms in total. The van der Waals surface area contributed by atoms with Crippen molar-refractivity contribution in [3.63, 3.8) is 0 Å². The molecule has 0 aromatic rings. The first-order valence-corrected chi connectivity index (χ1v) is 4.54. The summed E-state index contributed by atoms with van der Waals surface area (Å²) in [4.78, 5) is 0. The minimum Gasteiger partial charge on any atom is -0.394 e. The number of hydrogen-bond donors (Lipinski definition) is 5. The Morgan fingerprint density at radius 1 is 1.21 bits per heavy atom. The van der Waals surface area contributed by atoms with Gasteiger partial charge in [-0.2, -0.15) is 0 Å². The molecule has 0 spiro atoms. The van der Waals surface area contributed by atoms with Crippen LogP contribution in [0.25, 0.3) is 0 Å². The van der Waals surface area contributed by atoms with Crippen LogP contribution in [0.15, 0.2) is 0 Å². The summed E-state index contributed by atoms with van der Waals surface area (Å²) >= 11 is 0. The fourth-order valence-electron chi connectivity index (χ4n) is 2.09. The number of ether oxygens (including phenoxy) is 1. The minimum atomic E-state index is -1.83. The lowest BCUT2D eigenvalue weighted by Crippen LogP contribution is -2.78. The van der Waals surface area contributed by atoms with Gasteiger partial charge in [-0.15, -0.1) is 0 Å². The van der Waals surface area contributed by atoms with E-state index in [9.17, 15) is 20.4 Å². The largest absolute Gasteiger partial charge is 0.394 e. The molecule has 6 heteroatoms. The van der Waals surface area contributed by atoms with Gasteiger partial charge in [-0.3, -0.25) is 0 Å². The normalized spacial score (nSPS) is 57.6. The smallest absolute Gasteiger partial charge is 0.198 e. The fourth-order valence-corrected chi connectivity index (χ4v) is 2.09. The summed E-state index contributed by atoms with van der Waals surface area (Å²) in [7, 11) is 0. The third-order valence-electron chi connectivity index (χ3n) is 3.24. The van der Waals surface area contributed by atoms with E-state index in [1.807, 2.05) is 0 Å². The van der Waals surface area contributed by atoms with Crippen molar-refractivity contribution < 1.29 is 30.3 Å². The van der Waals surface area contributed by atoms with Crippen molar-refractivity contribution in [2.45, 2.75) is 42.5 Å². The number of aliphatic hydroxyl groups excluding tert-OH is 3. The van der Waals surface area contributed by atoms with Gasteiger partial charge >= 0.3 is 0 Å². The van der Waals surface area contributed by atoms with E-state index in [1.165, 1.54) is 0 Å². The summed E-state index contributed by atoms with van der Waals surface area (Å²) in [6.07, 6.45) is -3.59. The standard InChI is InChI=1S/C8H14O6/c9-3-4-5(10)6(11)7(12)1-2-8(7,13)14-4/h4-6,9-13H,1-3H2/t4-,5-,6+,7-,8?/m0/s1. The maximum Gasteiger partial charge on any atom is 0.198 e. The molecule has 1 heterocycles. The molecule has 5 N–H and O–H groups in total. The van der Waals surface area contributed by atoms with Crippen LogP contribution < -0.4 is 0 Å². The highest BCUT2D eigenvalue weighted by molar-refractivity contribution is 5.14. The second-order valence-electron chi connectivity index (χ2n) is 3.98. The van der Waals surface area contributed by atoms with E-state index >= 15 is 0 Å². The van der Waals surface area contributed by atoms with Crippen molar-refractivity contribution in [2.24, 2.45) is 0 Å². The Balaban J connectivity index is 2.25. The Hall–Kier alpha value is -0.240. The van der Waals surface area contributed by atoms with E-state index in [0.29, 0.717) is 0 Å². The monoisotopic (exact) mass is 206 g/mol. The second-order valence-corrected chi connectivity index (χ2v) is 3.98. The zero-order chi connectivity index (χ0) is 10.6. The van der Waals surface area contributed by atoms with Gasteiger partial charge in [0.1, 0.15) is 23.9 Å². The lowest BCUT2D eigenvalue weighted by Gasteiger charge is -2.59. The fraction of sp³-hybridized carbons (Fsp3) is 1.00. The van der Waals surface area contributed by atoms with E-state index in [-0.39, 0.29) is 12.8 Å². The van der Waals surface area contributed by atoms with Gasteiger partial charge in [-0.25, -0.2) is 0 Å². The molecular formula is C8H14O6. The van der Waals surface area contributed by atoms with E-state index in [2.05, 4.69) is 0 Å². The van der Waals surface area contributed by atoms with Crippen LogP contribution in [-0.4, -0.2) is 61.8 Å². The average molecular weight is 206 g/mol. The summed E-state index contributed by atoms with van der Waals surface area (Å²) in [6.45, 7) is -0.517. The zero-order valence-corrected chi connectivity index (χ0v) is 7.50. The van der Waals surface area contributed by atoms with Gasteiger partial charge in [0.2, 0.25) is 0 Å². The van der Waals surface area contributed by atoms with Gasteiger partial charge in [0.05, 0.1) is 6.61 Å². The quantitative estimate of drug-likeness (QED) is 0.319. The zero-order valence-electron chi connectivity index (χ0n) is 7.50. The number of hydrogen-bond acceptors (Lipinski definition) is 6. The average Bonchev–Trinajstić information content (AvgIpc) is 2.19. The predicted molar refractivity (Wildman–Crippen MR) is 43.1 cm³/mol. The molecule has 0 aromatic heterocycles. The van der Waals surface area contributed by atoms with E-state index < -0.39 is 36.3 Å². The van der Waals surface area contributed by atoms with Crippen molar-refractivity contribution in [1.29, 1.82) is 0 Å². The molecule has 0 bridgehead atoms. The van der Waals surface area contributed by atoms with Crippen LogP contribution in [0.1, 0.15) is 12.8 Å². The molecule has 2 fully saturated rings. The summed E-state index contributed by atoms with van der Waals surface area (Å²) in [5, 5.41) is 47.3. The third kappa shape index (κ3) is 1.01. The van der Waals surface area contributed by atoms with Gasteiger partial charge in [0, 0.05) is 6.42 Å². The molecule has 2 aliphatic rings. The first kappa shape index (κ1) is 10.3. The molecule has 1 aliphatic carbocycles. The highest BCUT2D eigenvalue weighted by Crippen LogP contribution is 2.50. The maximum absolute atomic E-state index is 9.77. The maximum atomic E-state index is 9.77. The van der Waals surface area contributed by atoms with Crippen LogP contribution >= 0.6 is 0 Å². The van der Waals surface area contributed by atoms with Gasteiger partial charge in [0.15, 0.2) is 5.79 Å². The minimum absolute atomic E-state index is 0.167. The van der Waals surface area contributed by atoms with Crippen LogP contribution in [0.3, 0.4) is 0 Å². The summed E-state index contributed by atoms with van der Waals surface area (Å²) < 4.78 is 4.95. The SMILES string of the molecule is OC[C@@H]1OC2(O)CC[C@]2(O)[C@H](O)[C@H]1O. The van der Waals surface area contributed by atoms with E-state index in [1.54, 1.807) is 0 Å². The van der Waals surface area contributed by atoms with Gasteiger partial charge < -0.3 is 30.3 Å². The van der Waals surface area contributed by atoms with Gasteiger partial charge in [-0.05, 0) is 6.42 Å². The predicted octanol–water partition coefficient (Wildman–Crippen LogP) is -2.69. The molecule has 2 rings (SSSR count). The summed E-state index contributed by atoms with van der Waals surface area (Å²) in [5.74, 6) is -1.83. The molecule has 1 saturated heterocycles. The van der Waals surface area contributed by atoms with Crippen molar-refractivity contribution in [1.82, 2.24) is 0 Å². The molecular weight excluding hydrogens is 192 g/mol.